The third kappa shape index (κ3) is 3.40. The molecule has 1 aliphatic heterocycles. The molecule has 0 aliphatic carbocycles. The first-order valence-corrected chi connectivity index (χ1v) is 7.75. The smallest absolute Gasteiger partial charge is 0.320 e. The van der Waals surface area contributed by atoms with E-state index in [2.05, 4.69) is 46.0 Å². The van der Waals surface area contributed by atoms with Crippen LogP contribution in [-0.4, -0.2) is 53.1 Å². The summed E-state index contributed by atoms with van der Waals surface area (Å²) in [6, 6.07) is 8.23. The summed E-state index contributed by atoms with van der Waals surface area (Å²) in [5.74, 6) is -0.739. The first kappa shape index (κ1) is 15.5. The van der Waals surface area contributed by atoms with E-state index in [1.54, 1.807) is 6.92 Å². The van der Waals surface area contributed by atoms with E-state index in [0.29, 0.717) is 6.04 Å². The molecule has 0 amide bonds. The molecule has 1 aliphatic rings. The lowest BCUT2D eigenvalue weighted by Gasteiger charge is -2.39. The van der Waals surface area contributed by atoms with Crippen molar-refractivity contribution in [3.8, 4) is 0 Å². The second kappa shape index (κ2) is 6.70. The SMILES string of the molecule is CC(C(=O)O)N1CCN(C(C)c2ccccc2Br)CC1. The number of carbonyl (C=O) groups is 1. The topological polar surface area (TPSA) is 43.8 Å². The van der Waals surface area contributed by atoms with Crippen LogP contribution in [0.3, 0.4) is 0 Å². The minimum Gasteiger partial charge on any atom is -0.480 e. The lowest BCUT2D eigenvalue weighted by molar-refractivity contribution is -0.143. The van der Waals surface area contributed by atoms with Gasteiger partial charge in [0, 0.05) is 36.7 Å². The zero-order valence-corrected chi connectivity index (χ0v) is 13.5. The summed E-state index contributed by atoms with van der Waals surface area (Å²) in [5, 5.41) is 9.06. The minimum atomic E-state index is -0.739. The van der Waals surface area contributed by atoms with Gasteiger partial charge in [-0.25, -0.2) is 0 Å². The fourth-order valence-corrected chi connectivity index (χ4v) is 3.29. The summed E-state index contributed by atoms with van der Waals surface area (Å²) in [5.41, 5.74) is 1.28. The molecule has 0 saturated carbocycles. The van der Waals surface area contributed by atoms with Gasteiger partial charge in [0.05, 0.1) is 0 Å². The first-order chi connectivity index (χ1) is 9.50. The quantitative estimate of drug-likeness (QED) is 0.914. The number of piperazine rings is 1. The van der Waals surface area contributed by atoms with Crippen LogP contribution in [0.5, 0.6) is 0 Å². The summed E-state index contributed by atoms with van der Waals surface area (Å²) in [6.07, 6.45) is 0. The van der Waals surface area contributed by atoms with Crippen molar-refractivity contribution in [2.45, 2.75) is 25.9 Å². The number of benzene rings is 1. The molecule has 1 fully saturated rings. The molecule has 2 atom stereocenters. The van der Waals surface area contributed by atoms with E-state index in [0.717, 1.165) is 30.7 Å². The standard InChI is InChI=1S/C15H21BrN2O2/c1-11(13-5-3-4-6-14(13)16)17-7-9-18(10-8-17)12(2)15(19)20/h3-6,11-12H,7-10H2,1-2H3,(H,19,20). The van der Waals surface area contributed by atoms with Crippen LogP contribution in [0.4, 0.5) is 0 Å². The molecule has 1 saturated heterocycles. The van der Waals surface area contributed by atoms with Gasteiger partial charge < -0.3 is 5.11 Å². The second-order valence-electron chi connectivity index (χ2n) is 5.28. The Balaban J connectivity index is 1.97. The Hall–Kier alpha value is -0.910. The minimum absolute atomic E-state index is 0.341. The molecule has 110 valence electrons. The maximum absolute atomic E-state index is 11.0. The zero-order valence-electron chi connectivity index (χ0n) is 11.9. The average Bonchev–Trinajstić information content (AvgIpc) is 2.46. The second-order valence-corrected chi connectivity index (χ2v) is 6.14. The molecule has 5 heteroatoms. The maximum atomic E-state index is 11.0. The van der Waals surface area contributed by atoms with E-state index in [1.807, 2.05) is 11.0 Å². The van der Waals surface area contributed by atoms with Crippen LogP contribution in [0.15, 0.2) is 28.7 Å². The summed E-state index contributed by atoms with van der Waals surface area (Å²) in [7, 11) is 0. The van der Waals surface area contributed by atoms with Gasteiger partial charge in [0.15, 0.2) is 0 Å². The largest absolute Gasteiger partial charge is 0.480 e. The maximum Gasteiger partial charge on any atom is 0.320 e. The van der Waals surface area contributed by atoms with Gasteiger partial charge in [-0.05, 0) is 25.5 Å². The third-order valence-electron chi connectivity index (χ3n) is 4.16. The molecule has 0 radical (unpaired) electrons. The van der Waals surface area contributed by atoms with Gasteiger partial charge >= 0.3 is 5.97 Å². The molecule has 1 heterocycles. The molecule has 0 bridgehead atoms. The van der Waals surface area contributed by atoms with Crippen molar-refractivity contribution in [3.05, 3.63) is 34.3 Å². The van der Waals surface area contributed by atoms with Crippen molar-refractivity contribution in [2.24, 2.45) is 0 Å². The molecule has 20 heavy (non-hydrogen) atoms. The zero-order chi connectivity index (χ0) is 14.7. The Bertz CT molecular complexity index is 473. The molecule has 2 rings (SSSR count). The molecule has 4 nitrogen and oxygen atoms in total. The van der Waals surface area contributed by atoms with Gasteiger partial charge in [0.25, 0.3) is 0 Å². The predicted molar refractivity (Wildman–Crippen MR) is 82.8 cm³/mol. The van der Waals surface area contributed by atoms with Crippen LogP contribution in [0.25, 0.3) is 0 Å². The van der Waals surface area contributed by atoms with Crippen molar-refractivity contribution in [2.75, 3.05) is 26.2 Å². The van der Waals surface area contributed by atoms with Gasteiger partial charge in [-0.2, -0.15) is 0 Å². The van der Waals surface area contributed by atoms with E-state index in [4.69, 9.17) is 5.11 Å². The van der Waals surface area contributed by atoms with Crippen molar-refractivity contribution in [3.63, 3.8) is 0 Å². The number of carboxylic acid groups (broad SMARTS) is 1. The van der Waals surface area contributed by atoms with Gasteiger partial charge in [0.1, 0.15) is 6.04 Å². The van der Waals surface area contributed by atoms with Crippen LogP contribution in [-0.2, 0) is 4.79 Å². The Morgan fingerprint density at radius 3 is 2.25 bits per heavy atom. The molecule has 0 spiro atoms. The van der Waals surface area contributed by atoms with Crippen molar-refractivity contribution in [1.82, 2.24) is 9.80 Å². The lowest BCUT2D eigenvalue weighted by atomic mass is 10.1. The van der Waals surface area contributed by atoms with Crippen molar-refractivity contribution >= 4 is 21.9 Å². The van der Waals surface area contributed by atoms with Crippen molar-refractivity contribution < 1.29 is 9.90 Å². The van der Waals surface area contributed by atoms with E-state index in [-0.39, 0.29) is 0 Å². The Morgan fingerprint density at radius 2 is 1.70 bits per heavy atom. The third-order valence-corrected chi connectivity index (χ3v) is 4.88. The lowest BCUT2D eigenvalue weighted by Crippen LogP contribution is -2.52. The van der Waals surface area contributed by atoms with Crippen LogP contribution in [0, 0.1) is 0 Å². The molecule has 2 unspecified atom stereocenters. The van der Waals surface area contributed by atoms with Gasteiger partial charge in [-0.3, -0.25) is 14.6 Å². The molecule has 1 aromatic carbocycles. The summed E-state index contributed by atoms with van der Waals surface area (Å²) in [4.78, 5) is 15.5. The Kier molecular flexibility index (Phi) is 5.18. The Labute approximate surface area is 128 Å². The number of nitrogens with zero attached hydrogens (tertiary/aromatic N) is 2. The monoisotopic (exact) mass is 340 g/mol. The number of rotatable bonds is 4. The molecule has 0 aromatic heterocycles. The van der Waals surface area contributed by atoms with Crippen LogP contribution < -0.4 is 0 Å². The number of hydrogen-bond donors (Lipinski definition) is 1. The number of halogens is 1. The first-order valence-electron chi connectivity index (χ1n) is 6.96. The van der Waals surface area contributed by atoms with E-state index >= 15 is 0 Å². The van der Waals surface area contributed by atoms with Gasteiger partial charge in [0.2, 0.25) is 0 Å². The van der Waals surface area contributed by atoms with E-state index < -0.39 is 12.0 Å². The summed E-state index contributed by atoms with van der Waals surface area (Å²) < 4.78 is 1.13. The van der Waals surface area contributed by atoms with Crippen molar-refractivity contribution in [1.29, 1.82) is 0 Å². The summed E-state index contributed by atoms with van der Waals surface area (Å²) in [6.45, 7) is 7.39. The average molecular weight is 341 g/mol. The van der Waals surface area contributed by atoms with Gasteiger partial charge in [-0.1, -0.05) is 34.1 Å². The fourth-order valence-electron chi connectivity index (χ4n) is 2.68. The van der Waals surface area contributed by atoms with Crippen LogP contribution >= 0.6 is 15.9 Å². The van der Waals surface area contributed by atoms with Crippen LogP contribution in [0.1, 0.15) is 25.5 Å². The summed E-state index contributed by atoms with van der Waals surface area (Å²) >= 11 is 3.60. The van der Waals surface area contributed by atoms with E-state index in [9.17, 15) is 4.79 Å². The van der Waals surface area contributed by atoms with E-state index in [1.165, 1.54) is 5.56 Å². The number of carboxylic acids is 1. The molecule has 1 N–H and O–H groups in total. The number of hydrogen-bond acceptors (Lipinski definition) is 3. The van der Waals surface area contributed by atoms with Gasteiger partial charge in [-0.15, -0.1) is 0 Å². The number of aliphatic carboxylic acids is 1. The highest BCUT2D eigenvalue weighted by molar-refractivity contribution is 9.10. The highest BCUT2D eigenvalue weighted by Crippen LogP contribution is 2.28. The molecular formula is C15H21BrN2O2. The highest BCUT2D eigenvalue weighted by Gasteiger charge is 2.27. The Morgan fingerprint density at radius 1 is 1.15 bits per heavy atom. The predicted octanol–water partition coefficient (Wildman–Crippen LogP) is 2.60. The molecular weight excluding hydrogens is 320 g/mol. The fraction of sp³-hybridized carbons (Fsp3) is 0.533. The highest BCUT2D eigenvalue weighted by atomic mass is 79.9. The molecule has 1 aromatic rings. The van der Waals surface area contributed by atoms with Crippen LogP contribution in [0.2, 0.25) is 0 Å². The normalized spacial score (nSPS) is 20.6.